The third-order valence-electron chi connectivity index (χ3n) is 15.8. The number of amides is 2. The zero-order valence-corrected chi connectivity index (χ0v) is 47.0. The van der Waals surface area contributed by atoms with Gasteiger partial charge in [0.1, 0.15) is 34.3 Å². The average molecular weight is 1100 g/mol. The molecule has 17 heteroatoms. The first-order valence-electron chi connectivity index (χ1n) is 27.2. The molecule has 3 aliphatic heterocycles. The number of unbranched alkanes of at least 4 members (excludes halogenated alkanes) is 2. The molecule has 9 rings (SSSR count). The van der Waals surface area contributed by atoms with Crippen LogP contribution in [0.2, 0.25) is 0 Å². The Kier molecular flexibility index (Phi) is 17.2. The topological polar surface area (TPSA) is 192 Å². The zero-order chi connectivity index (χ0) is 57.5. The Morgan fingerprint density at radius 3 is 1.64 bits per heavy atom. The van der Waals surface area contributed by atoms with Gasteiger partial charge in [0.2, 0.25) is 5.91 Å². The Labute approximate surface area is 472 Å². The maximum Gasteiger partial charge on any atom is 0.340 e. The SMILES string of the molecule is COc1ccc(C(OCC2(COC(=O)CCC(=O)O)CCN(C(=O)CCCCCNC(=O)c3ccc4c(c3)C(=O)OC43c4ccc(N(C)C)cc4Oc4cc(N(C)C)ccc43)CC2)(c2ccc(OC)cc2)c2ccc(OC)cc2)cc1. The molecule has 1 fully saturated rings. The number of piperidine rings is 1. The van der Waals surface area contributed by atoms with Crippen molar-refractivity contribution in [2.45, 2.75) is 62.6 Å². The van der Waals surface area contributed by atoms with Crippen LogP contribution in [0.1, 0.15) is 105 Å². The number of hydrogen-bond acceptors (Lipinski definition) is 14. The number of carboxylic acid groups (broad SMARTS) is 1. The van der Waals surface area contributed by atoms with Crippen LogP contribution in [0, 0.1) is 5.41 Å². The van der Waals surface area contributed by atoms with E-state index in [1.54, 1.807) is 39.5 Å². The lowest BCUT2D eigenvalue weighted by molar-refractivity contribution is -0.157. The molecule has 1 spiro atoms. The summed E-state index contributed by atoms with van der Waals surface area (Å²) in [5, 5.41) is 12.3. The fraction of sp³-hybridized carbons (Fsp3) is 0.359. The van der Waals surface area contributed by atoms with Gasteiger partial charge >= 0.3 is 17.9 Å². The molecule has 17 nitrogen and oxygen atoms in total. The Balaban J connectivity index is 0.846. The Bertz CT molecular complexity index is 3090. The molecule has 2 N–H and O–H groups in total. The number of nitrogens with zero attached hydrogens (tertiary/aromatic N) is 3. The minimum atomic E-state index is -1.29. The molecule has 0 saturated carbocycles. The van der Waals surface area contributed by atoms with Crippen LogP contribution in [0.4, 0.5) is 11.4 Å². The van der Waals surface area contributed by atoms with Gasteiger partial charge in [-0.1, -0.05) is 48.9 Å². The summed E-state index contributed by atoms with van der Waals surface area (Å²) in [6, 6.07) is 39.7. The molecule has 1 saturated heterocycles. The lowest BCUT2D eigenvalue weighted by Gasteiger charge is -2.44. The van der Waals surface area contributed by atoms with Crippen LogP contribution < -0.4 is 34.1 Å². The summed E-state index contributed by atoms with van der Waals surface area (Å²) in [5.74, 6) is 0.515. The summed E-state index contributed by atoms with van der Waals surface area (Å²) in [6.07, 6.45) is 2.44. The maximum atomic E-state index is 13.9. The van der Waals surface area contributed by atoms with E-state index in [0.29, 0.717) is 115 Å². The van der Waals surface area contributed by atoms with Crippen LogP contribution in [-0.4, -0.2) is 122 Å². The van der Waals surface area contributed by atoms with Gasteiger partial charge in [-0.3, -0.25) is 19.2 Å². The average Bonchev–Trinajstić information content (AvgIpc) is 4.08. The second-order valence-electron chi connectivity index (χ2n) is 21.2. The van der Waals surface area contributed by atoms with Gasteiger partial charge in [0.15, 0.2) is 5.60 Å². The van der Waals surface area contributed by atoms with E-state index in [9.17, 15) is 29.1 Å². The fourth-order valence-electron chi connectivity index (χ4n) is 11.0. The number of rotatable bonds is 23. The quantitative estimate of drug-likeness (QED) is 0.0350. The number of anilines is 2. The number of carboxylic acids is 1. The number of carbonyl (C=O) groups excluding carboxylic acids is 4. The lowest BCUT2D eigenvalue weighted by Crippen LogP contribution is -2.49. The van der Waals surface area contributed by atoms with E-state index >= 15 is 0 Å². The van der Waals surface area contributed by atoms with Gasteiger partial charge < -0.3 is 58.3 Å². The lowest BCUT2D eigenvalue weighted by atomic mass is 9.77. The number of methoxy groups -OCH3 is 3. The van der Waals surface area contributed by atoms with E-state index in [1.165, 1.54) is 0 Å². The molecule has 81 heavy (non-hydrogen) atoms. The standard InChI is InChI=1S/C64H70N4O13/c1-66(2)46-19-28-53-55(38-46)80-56-39-47(67(3)4)20-29-54(56)64(53)52-27-12-42(37-51(52)61(74)81-64)60(73)65-34-10-8-9-11-57(69)68-35-32-62(33-36-68,40-78-59(72)31-30-58(70)71)41-79-63(43-13-21-48(75-5)22-14-43,44-15-23-49(76-6)24-16-44)45-17-25-50(77-7)26-18-45/h12-29,37-39H,8-11,30-36,40-41H2,1-7H3,(H,65,73)(H,70,71). The number of nitrogens with one attached hydrogen (secondary N) is 1. The predicted octanol–water partition coefficient (Wildman–Crippen LogP) is 9.73. The van der Waals surface area contributed by atoms with Crippen LogP contribution in [0.25, 0.3) is 0 Å². The van der Waals surface area contributed by atoms with Crippen molar-refractivity contribution in [1.82, 2.24) is 10.2 Å². The number of ether oxygens (including phenoxy) is 7. The molecule has 3 aliphatic rings. The van der Waals surface area contributed by atoms with Crippen LogP contribution >= 0.6 is 0 Å². The Morgan fingerprint density at radius 1 is 0.630 bits per heavy atom. The van der Waals surface area contributed by atoms with Crippen molar-refractivity contribution in [1.29, 1.82) is 0 Å². The number of aliphatic carboxylic acids is 1. The Hall–Kier alpha value is -8.57. The molecule has 0 atom stereocenters. The molecule has 0 bridgehead atoms. The van der Waals surface area contributed by atoms with Gasteiger partial charge in [-0.15, -0.1) is 0 Å². The van der Waals surface area contributed by atoms with E-state index in [2.05, 4.69) is 5.32 Å². The van der Waals surface area contributed by atoms with Gasteiger partial charge in [-0.2, -0.15) is 0 Å². The van der Waals surface area contributed by atoms with Crippen LogP contribution in [0.15, 0.2) is 127 Å². The molecule has 0 unspecified atom stereocenters. The van der Waals surface area contributed by atoms with Crippen molar-refractivity contribution in [3.8, 4) is 28.7 Å². The number of carbonyl (C=O) groups is 5. The third kappa shape index (κ3) is 11.9. The summed E-state index contributed by atoms with van der Waals surface area (Å²) < 4.78 is 42.7. The number of benzene rings is 6. The van der Waals surface area contributed by atoms with Gasteiger partial charge in [0.05, 0.1) is 52.9 Å². The maximum absolute atomic E-state index is 13.9. The molecule has 6 aromatic carbocycles. The van der Waals surface area contributed by atoms with Gasteiger partial charge in [-0.25, -0.2) is 4.79 Å². The minimum Gasteiger partial charge on any atom is -0.497 e. The summed E-state index contributed by atoms with van der Waals surface area (Å²) in [7, 11) is 12.6. The summed E-state index contributed by atoms with van der Waals surface area (Å²) in [6.45, 7) is 1.17. The smallest absolute Gasteiger partial charge is 0.340 e. The molecular formula is C64H70N4O13. The van der Waals surface area contributed by atoms with E-state index < -0.39 is 34.5 Å². The summed E-state index contributed by atoms with van der Waals surface area (Å²) >= 11 is 0. The van der Waals surface area contributed by atoms with Crippen LogP contribution in [0.5, 0.6) is 28.7 Å². The van der Waals surface area contributed by atoms with Crippen molar-refractivity contribution in [3.63, 3.8) is 0 Å². The van der Waals surface area contributed by atoms with Crippen molar-refractivity contribution in [2.75, 3.05) is 92.2 Å². The first-order chi connectivity index (χ1) is 39.0. The molecule has 424 valence electrons. The van der Waals surface area contributed by atoms with Gasteiger partial charge in [-0.05, 0) is 115 Å². The van der Waals surface area contributed by atoms with E-state index in [1.807, 2.05) is 152 Å². The normalized spacial score (nSPS) is 14.6. The molecule has 2 amide bonds. The van der Waals surface area contributed by atoms with Crippen LogP contribution in [-0.2, 0) is 39.8 Å². The van der Waals surface area contributed by atoms with Crippen molar-refractivity contribution in [3.05, 3.63) is 172 Å². The third-order valence-corrected chi connectivity index (χ3v) is 15.8. The zero-order valence-electron chi connectivity index (χ0n) is 47.0. The monoisotopic (exact) mass is 1100 g/mol. The van der Waals surface area contributed by atoms with Crippen molar-refractivity contribution >= 4 is 41.1 Å². The number of esters is 2. The van der Waals surface area contributed by atoms with Gasteiger partial charge in [0, 0.05) is 105 Å². The fourth-order valence-corrected chi connectivity index (χ4v) is 11.0. The Morgan fingerprint density at radius 2 is 1.15 bits per heavy atom. The number of hydrogen-bond donors (Lipinski definition) is 2. The first-order valence-corrected chi connectivity index (χ1v) is 27.2. The molecule has 6 aromatic rings. The van der Waals surface area contributed by atoms with E-state index in [-0.39, 0.29) is 37.9 Å². The van der Waals surface area contributed by atoms with Gasteiger partial charge in [0.25, 0.3) is 5.91 Å². The van der Waals surface area contributed by atoms with Crippen LogP contribution in [0.3, 0.4) is 0 Å². The number of likely N-dealkylation sites (tertiary alicyclic amines) is 1. The molecule has 0 aliphatic carbocycles. The second kappa shape index (κ2) is 24.4. The molecular weight excluding hydrogens is 1030 g/mol. The molecule has 0 radical (unpaired) electrons. The highest BCUT2D eigenvalue weighted by atomic mass is 16.6. The highest BCUT2D eigenvalue weighted by Crippen LogP contribution is 2.57. The summed E-state index contributed by atoms with van der Waals surface area (Å²) in [4.78, 5) is 71.5. The highest BCUT2D eigenvalue weighted by Gasteiger charge is 2.54. The van der Waals surface area contributed by atoms with E-state index in [0.717, 1.165) is 28.1 Å². The van der Waals surface area contributed by atoms with E-state index in [4.69, 9.17) is 33.2 Å². The molecule has 0 aromatic heterocycles. The number of fused-ring (bicyclic) bond motifs is 6. The predicted molar refractivity (Wildman–Crippen MR) is 305 cm³/mol. The summed E-state index contributed by atoms with van der Waals surface area (Å²) in [5.41, 5.74) is 3.61. The largest absolute Gasteiger partial charge is 0.497 e. The first kappa shape index (κ1) is 57.1. The molecule has 3 heterocycles. The highest BCUT2D eigenvalue weighted by molar-refractivity contribution is 6.01. The van der Waals surface area contributed by atoms with Crippen molar-refractivity contribution < 1.29 is 62.2 Å². The van der Waals surface area contributed by atoms with Crippen molar-refractivity contribution in [2.24, 2.45) is 5.41 Å². The minimum absolute atomic E-state index is 0.00935. The second-order valence-corrected chi connectivity index (χ2v) is 21.2.